The van der Waals surface area contributed by atoms with E-state index in [-0.39, 0.29) is 0 Å². The molecular formula is C29H36N6S2+2. The smallest absolute Gasteiger partial charge is 0.222 e. The lowest BCUT2D eigenvalue weighted by atomic mass is 9.99. The summed E-state index contributed by atoms with van der Waals surface area (Å²) >= 11 is 3.18. The molecule has 0 spiro atoms. The summed E-state index contributed by atoms with van der Waals surface area (Å²) < 4.78 is 3.96. The standard InChI is InChI=1S/C29H36N6S2/c1-22-20-26(30-32-28-34(3)16-18-36-28)14-12-24(22)10-8-6-5-7-9-11-25-13-15-27(21-23(25)2)31-33-29-35(4)17-19-37-29/h12-21H,5-11H2,1-4H3/q+2. The molecule has 2 aromatic heterocycles. The van der Waals surface area contributed by atoms with Crippen molar-refractivity contribution in [3.8, 4) is 0 Å². The number of aromatic nitrogens is 2. The lowest BCUT2D eigenvalue weighted by Gasteiger charge is -2.07. The molecule has 0 aliphatic rings. The normalized spacial score (nSPS) is 11.8. The van der Waals surface area contributed by atoms with Gasteiger partial charge < -0.3 is 0 Å². The third-order valence-electron chi connectivity index (χ3n) is 6.57. The summed E-state index contributed by atoms with van der Waals surface area (Å²) in [6.07, 6.45) is 12.5. The van der Waals surface area contributed by atoms with Gasteiger partial charge in [0.1, 0.15) is 23.8 Å². The molecule has 0 saturated heterocycles. The van der Waals surface area contributed by atoms with E-state index in [1.165, 1.54) is 54.4 Å². The molecule has 6 nitrogen and oxygen atoms in total. The number of aryl methyl sites for hydroxylation is 6. The largest absolute Gasteiger partial charge is 0.408 e. The van der Waals surface area contributed by atoms with Crippen LogP contribution in [0.5, 0.6) is 0 Å². The third kappa shape index (κ3) is 7.94. The average Bonchev–Trinajstić information content (AvgIpc) is 3.49. The van der Waals surface area contributed by atoms with Gasteiger partial charge in [0.15, 0.2) is 0 Å². The lowest BCUT2D eigenvalue weighted by molar-refractivity contribution is -0.654. The first-order valence-electron chi connectivity index (χ1n) is 12.9. The SMILES string of the molecule is Cc1cc(N=Nc2scc[n+]2C)ccc1CCCCCCCc1ccc(N=Nc2scc[n+]2C)cc1C. The molecule has 2 aromatic carbocycles. The first-order chi connectivity index (χ1) is 18.0. The van der Waals surface area contributed by atoms with Crippen molar-refractivity contribution in [3.63, 3.8) is 0 Å². The van der Waals surface area contributed by atoms with Gasteiger partial charge in [-0.2, -0.15) is 0 Å². The van der Waals surface area contributed by atoms with Crippen molar-refractivity contribution in [2.24, 2.45) is 34.6 Å². The maximum absolute atomic E-state index is 4.40. The third-order valence-corrected chi connectivity index (χ3v) is 8.24. The Kier molecular flexibility index (Phi) is 9.79. The maximum Gasteiger partial charge on any atom is 0.408 e. The summed E-state index contributed by atoms with van der Waals surface area (Å²) in [6.45, 7) is 4.35. The molecule has 4 rings (SSSR count). The zero-order valence-corrected chi connectivity index (χ0v) is 23.9. The van der Waals surface area contributed by atoms with Crippen molar-refractivity contribution in [3.05, 3.63) is 81.8 Å². The van der Waals surface area contributed by atoms with Crippen LogP contribution >= 0.6 is 22.7 Å². The minimum Gasteiger partial charge on any atom is -0.222 e. The molecule has 192 valence electrons. The Morgan fingerprint density at radius 1 is 0.595 bits per heavy atom. The van der Waals surface area contributed by atoms with Crippen molar-refractivity contribution in [1.29, 1.82) is 0 Å². The summed E-state index contributed by atoms with van der Waals surface area (Å²) in [4.78, 5) is 0. The Bertz CT molecular complexity index is 1260. The van der Waals surface area contributed by atoms with Crippen molar-refractivity contribution in [1.82, 2.24) is 0 Å². The van der Waals surface area contributed by atoms with Gasteiger partial charge in [-0.15, -0.1) is 0 Å². The second-order valence-corrected chi connectivity index (χ2v) is 11.2. The van der Waals surface area contributed by atoms with Crippen LogP contribution in [-0.4, -0.2) is 0 Å². The molecule has 2 heterocycles. The molecule has 0 fully saturated rings. The number of hydrogen-bond donors (Lipinski definition) is 0. The highest BCUT2D eigenvalue weighted by atomic mass is 32.1. The van der Waals surface area contributed by atoms with Crippen LogP contribution in [0, 0.1) is 13.8 Å². The van der Waals surface area contributed by atoms with E-state index in [1.54, 1.807) is 22.7 Å². The highest BCUT2D eigenvalue weighted by Gasteiger charge is 2.09. The highest BCUT2D eigenvalue weighted by Crippen LogP contribution is 2.24. The molecule has 0 N–H and O–H groups in total. The molecule has 0 atom stereocenters. The molecule has 0 aliphatic carbocycles. The molecule has 0 unspecified atom stereocenters. The van der Waals surface area contributed by atoms with Gasteiger partial charge in [0.2, 0.25) is 0 Å². The topological polar surface area (TPSA) is 57.2 Å². The van der Waals surface area contributed by atoms with Crippen LogP contribution in [0.1, 0.15) is 54.4 Å². The Balaban J connectivity index is 1.14. The van der Waals surface area contributed by atoms with E-state index >= 15 is 0 Å². The molecule has 4 aromatic rings. The van der Waals surface area contributed by atoms with E-state index in [0.29, 0.717) is 0 Å². The van der Waals surface area contributed by atoms with E-state index < -0.39 is 0 Å². The lowest BCUT2D eigenvalue weighted by Crippen LogP contribution is -2.23. The maximum atomic E-state index is 4.40. The number of hydrogen-bond acceptors (Lipinski definition) is 6. The van der Waals surface area contributed by atoms with E-state index in [2.05, 4.69) is 70.7 Å². The zero-order valence-electron chi connectivity index (χ0n) is 22.2. The van der Waals surface area contributed by atoms with Gasteiger partial charge in [-0.25, -0.2) is 9.13 Å². The molecule has 0 amide bonds. The monoisotopic (exact) mass is 532 g/mol. The Morgan fingerprint density at radius 3 is 1.41 bits per heavy atom. The Hall–Kier alpha value is -3.10. The Morgan fingerprint density at radius 2 is 1.03 bits per heavy atom. The van der Waals surface area contributed by atoms with Gasteiger partial charge in [0.25, 0.3) is 0 Å². The number of thiazole rings is 2. The summed E-state index contributed by atoms with van der Waals surface area (Å²) in [5.74, 6) is 0. The summed E-state index contributed by atoms with van der Waals surface area (Å²) in [5.41, 5.74) is 7.27. The fourth-order valence-electron chi connectivity index (χ4n) is 4.25. The quantitative estimate of drug-likeness (QED) is 0.0996. The molecule has 0 aliphatic heterocycles. The Labute approximate surface area is 228 Å². The molecule has 0 radical (unpaired) electrons. The number of nitrogens with zero attached hydrogens (tertiary/aromatic N) is 6. The number of benzene rings is 2. The molecule has 0 bridgehead atoms. The van der Waals surface area contributed by atoms with Crippen LogP contribution in [0.2, 0.25) is 0 Å². The molecular weight excluding hydrogens is 496 g/mol. The second kappa shape index (κ2) is 13.4. The van der Waals surface area contributed by atoms with Crippen LogP contribution in [0.4, 0.5) is 21.6 Å². The minimum atomic E-state index is 0.902. The van der Waals surface area contributed by atoms with E-state index in [1.807, 2.05) is 46.4 Å². The fraction of sp³-hybridized carbons (Fsp3) is 0.379. The van der Waals surface area contributed by atoms with Gasteiger partial charge >= 0.3 is 10.3 Å². The van der Waals surface area contributed by atoms with E-state index in [0.717, 1.165) is 34.5 Å². The van der Waals surface area contributed by atoms with Gasteiger partial charge in [0.05, 0.1) is 24.3 Å². The second-order valence-electron chi connectivity index (χ2n) is 9.48. The first kappa shape index (κ1) is 26.9. The fourth-order valence-corrected chi connectivity index (χ4v) is 5.62. The van der Waals surface area contributed by atoms with Crippen LogP contribution in [0.25, 0.3) is 0 Å². The van der Waals surface area contributed by atoms with Crippen LogP contribution < -0.4 is 9.13 Å². The summed E-state index contributed by atoms with van der Waals surface area (Å²) in [5, 5.41) is 23.4. The van der Waals surface area contributed by atoms with Gasteiger partial charge in [0, 0.05) is 10.8 Å². The molecule has 8 heteroatoms. The van der Waals surface area contributed by atoms with Gasteiger partial charge in [-0.1, -0.05) is 31.4 Å². The van der Waals surface area contributed by atoms with Crippen molar-refractivity contribution >= 4 is 44.3 Å². The minimum absolute atomic E-state index is 0.902. The van der Waals surface area contributed by atoms with Crippen LogP contribution in [-0.2, 0) is 26.9 Å². The summed E-state index contributed by atoms with van der Waals surface area (Å²) in [6, 6.07) is 12.9. The number of unbranched alkanes of at least 4 members (excludes halogenated alkanes) is 4. The summed E-state index contributed by atoms with van der Waals surface area (Å²) in [7, 11) is 3.97. The molecule has 0 saturated carbocycles. The first-order valence-corrected chi connectivity index (χ1v) is 14.6. The van der Waals surface area contributed by atoms with Crippen molar-refractivity contribution in [2.75, 3.05) is 0 Å². The number of rotatable bonds is 12. The average molecular weight is 533 g/mol. The highest BCUT2D eigenvalue weighted by molar-refractivity contribution is 7.13. The number of azo groups is 2. The van der Waals surface area contributed by atoms with Crippen LogP contribution in [0.15, 0.2) is 80.0 Å². The van der Waals surface area contributed by atoms with Crippen molar-refractivity contribution < 1.29 is 9.13 Å². The predicted octanol–water partition coefficient (Wildman–Crippen LogP) is 8.64. The van der Waals surface area contributed by atoms with Gasteiger partial charge in [-0.3, -0.25) is 0 Å². The van der Waals surface area contributed by atoms with Crippen LogP contribution in [0.3, 0.4) is 0 Å². The zero-order chi connectivity index (χ0) is 26.0. The van der Waals surface area contributed by atoms with Gasteiger partial charge in [-0.05, 0) is 119 Å². The predicted molar refractivity (Wildman–Crippen MR) is 152 cm³/mol. The van der Waals surface area contributed by atoms with Crippen molar-refractivity contribution in [2.45, 2.75) is 58.8 Å². The van der Waals surface area contributed by atoms with E-state index in [4.69, 9.17) is 0 Å². The van der Waals surface area contributed by atoms with E-state index in [9.17, 15) is 0 Å². The molecule has 37 heavy (non-hydrogen) atoms.